The Labute approximate surface area is 150 Å². The van der Waals surface area contributed by atoms with E-state index >= 15 is 0 Å². The van der Waals surface area contributed by atoms with Crippen molar-refractivity contribution in [2.24, 2.45) is 0 Å². The lowest BCUT2D eigenvalue weighted by Gasteiger charge is -2.42. The Morgan fingerprint density at radius 2 is 2.04 bits per heavy atom. The van der Waals surface area contributed by atoms with Gasteiger partial charge in [-0.15, -0.1) is 0 Å². The number of carbonyl (C=O) groups is 1. The van der Waals surface area contributed by atoms with Gasteiger partial charge < -0.3 is 14.2 Å². The van der Waals surface area contributed by atoms with E-state index < -0.39 is 5.76 Å². The molecule has 0 radical (unpaired) electrons. The number of rotatable bonds is 3. The molecule has 0 saturated carbocycles. The summed E-state index contributed by atoms with van der Waals surface area (Å²) in [7, 11) is 0. The molecule has 1 N–H and O–H groups in total. The number of hydrogen-bond acceptors (Lipinski definition) is 5. The lowest BCUT2D eigenvalue weighted by Crippen LogP contribution is -2.55. The predicted octanol–water partition coefficient (Wildman–Crippen LogP) is 2.26. The van der Waals surface area contributed by atoms with Crippen LogP contribution in [0, 0.1) is 0 Å². The van der Waals surface area contributed by atoms with Crippen molar-refractivity contribution < 1.29 is 9.21 Å². The first-order chi connectivity index (χ1) is 12.7. The van der Waals surface area contributed by atoms with Crippen LogP contribution in [0.5, 0.6) is 0 Å². The van der Waals surface area contributed by atoms with Gasteiger partial charge in [-0.25, -0.2) is 9.78 Å². The fraction of sp³-hybridized carbons (Fsp3) is 0.316. The minimum atomic E-state index is -0.569. The molecule has 1 saturated heterocycles. The van der Waals surface area contributed by atoms with Crippen LogP contribution in [-0.4, -0.2) is 46.5 Å². The highest BCUT2D eigenvalue weighted by Gasteiger charge is 2.30. The molecule has 1 aromatic carbocycles. The average Bonchev–Trinajstić information content (AvgIpc) is 3.06. The fourth-order valence-corrected chi connectivity index (χ4v) is 3.45. The van der Waals surface area contributed by atoms with Gasteiger partial charge in [-0.1, -0.05) is 25.1 Å². The number of hydrogen-bond donors (Lipinski definition) is 1. The van der Waals surface area contributed by atoms with E-state index in [1.807, 2.05) is 23.1 Å². The highest BCUT2D eigenvalue weighted by molar-refractivity contribution is 5.94. The van der Waals surface area contributed by atoms with Gasteiger partial charge in [0.25, 0.3) is 5.91 Å². The minimum absolute atomic E-state index is 0.109. The molecule has 7 nitrogen and oxygen atoms in total. The quantitative estimate of drug-likeness (QED) is 0.782. The number of aromatic amines is 1. The summed E-state index contributed by atoms with van der Waals surface area (Å²) in [5, 5.41) is 0. The minimum Gasteiger partial charge on any atom is -0.406 e. The zero-order chi connectivity index (χ0) is 18.1. The summed E-state index contributed by atoms with van der Waals surface area (Å²) in [5.41, 5.74) is 2.15. The lowest BCUT2D eigenvalue weighted by atomic mass is 10.1. The third kappa shape index (κ3) is 2.96. The number of aromatic nitrogens is 2. The molecule has 1 aliphatic heterocycles. The Morgan fingerprint density at radius 1 is 1.23 bits per heavy atom. The van der Waals surface area contributed by atoms with Crippen molar-refractivity contribution in [2.75, 3.05) is 24.5 Å². The van der Waals surface area contributed by atoms with E-state index in [0.717, 1.165) is 19.5 Å². The van der Waals surface area contributed by atoms with Crippen LogP contribution in [0.15, 0.2) is 51.7 Å². The Balaban J connectivity index is 1.56. The number of para-hydroxylation sites is 1. The zero-order valence-corrected chi connectivity index (χ0v) is 14.5. The molecule has 0 bridgehead atoms. The van der Waals surface area contributed by atoms with Crippen LogP contribution in [-0.2, 0) is 0 Å². The van der Waals surface area contributed by atoms with Gasteiger partial charge in [0.15, 0.2) is 11.2 Å². The summed E-state index contributed by atoms with van der Waals surface area (Å²) in [6, 6.07) is 13.6. The first-order valence-corrected chi connectivity index (χ1v) is 8.76. The molecule has 1 aliphatic rings. The fourth-order valence-electron chi connectivity index (χ4n) is 3.45. The van der Waals surface area contributed by atoms with Gasteiger partial charge in [-0.3, -0.25) is 9.78 Å². The highest BCUT2D eigenvalue weighted by atomic mass is 16.4. The zero-order valence-electron chi connectivity index (χ0n) is 14.5. The topological polar surface area (TPSA) is 82.4 Å². The van der Waals surface area contributed by atoms with Gasteiger partial charge in [-0.2, -0.15) is 0 Å². The molecule has 1 amide bonds. The van der Waals surface area contributed by atoms with Crippen molar-refractivity contribution in [2.45, 2.75) is 19.4 Å². The van der Waals surface area contributed by atoms with Crippen molar-refractivity contribution >= 4 is 22.8 Å². The molecule has 7 heteroatoms. The van der Waals surface area contributed by atoms with Crippen molar-refractivity contribution in [3.63, 3.8) is 0 Å². The van der Waals surface area contributed by atoms with Gasteiger partial charge in [0.1, 0.15) is 5.69 Å². The normalized spacial score (nSPS) is 17.7. The van der Waals surface area contributed by atoms with E-state index in [1.54, 1.807) is 12.1 Å². The van der Waals surface area contributed by atoms with Crippen LogP contribution < -0.4 is 10.7 Å². The second-order valence-electron chi connectivity index (χ2n) is 6.40. The Kier molecular flexibility index (Phi) is 4.20. The van der Waals surface area contributed by atoms with Crippen molar-refractivity contribution in [3.05, 3.63) is 58.7 Å². The second kappa shape index (κ2) is 6.67. The SMILES string of the molecule is CCC1CN(c2ccccc2)CCN1C(=O)c1ccc2oc(=O)[nH]c2n1. The summed E-state index contributed by atoms with van der Waals surface area (Å²) in [6.07, 6.45) is 0.861. The first-order valence-electron chi connectivity index (χ1n) is 8.76. The number of oxazole rings is 1. The number of piperazine rings is 1. The van der Waals surface area contributed by atoms with Gasteiger partial charge in [-0.05, 0) is 30.7 Å². The number of carbonyl (C=O) groups excluding carboxylic acids is 1. The van der Waals surface area contributed by atoms with Crippen LogP contribution in [0.25, 0.3) is 11.2 Å². The molecule has 2 aromatic heterocycles. The predicted molar refractivity (Wildman–Crippen MR) is 98.4 cm³/mol. The molecule has 3 aromatic rings. The van der Waals surface area contributed by atoms with E-state index in [0.29, 0.717) is 23.5 Å². The third-order valence-electron chi connectivity index (χ3n) is 4.84. The number of pyridine rings is 1. The average molecular weight is 352 g/mol. The van der Waals surface area contributed by atoms with E-state index in [1.165, 1.54) is 5.69 Å². The van der Waals surface area contributed by atoms with Gasteiger partial charge in [0.2, 0.25) is 0 Å². The van der Waals surface area contributed by atoms with Crippen LogP contribution in [0.4, 0.5) is 5.69 Å². The maximum Gasteiger partial charge on any atom is 0.418 e. The summed E-state index contributed by atoms with van der Waals surface area (Å²) in [4.78, 5) is 35.2. The molecule has 26 heavy (non-hydrogen) atoms. The monoisotopic (exact) mass is 352 g/mol. The third-order valence-corrected chi connectivity index (χ3v) is 4.84. The van der Waals surface area contributed by atoms with Crippen molar-refractivity contribution in [1.29, 1.82) is 0 Å². The van der Waals surface area contributed by atoms with Crippen LogP contribution >= 0.6 is 0 Å². The Hall–Kier alpha value is -3.09. The first kappa shape index (κ1) is 16.4. The molecule has 1 fully saturated rings. The number of nitrogens with zero attached hydrogens (tertiary/aromatic N) is 3. The van der Waals surface area contributed by atoms with E-state index in [9.17, 15) is 9.59 Å². The van der Waals surface area contributed by atoms with E-state index in [2.05, 4.69) is 33.9 Å². The molecule has 1 atom stereocenters. The Morgan fingerprint density at radius 3 is 2.81 bits per heavy atom. The number of nitrogens with one attached hydrogen (secondary N) is 1. The van der Waals surface area contributed by atoms with E-state index in [-0.39, 0.29) is 11.9 Å². The molecule has 3 heterocycles. The van der Waals surface area contributed by atoms with Crippen LogP contribution in [0.3, 0.4) is 0 Å². The summed E-state index contributed by atoms with van der Waals surface area (Å²) in [6.45, 7) is 4.28. The lowest BCUT2D eigenvalue weighted by molar-refractivity contribution is 0.0646. The highest BCUT2D eigenvalue weighted by Crippen LogP contribution is 2.22. The van der Waals surface area contributed by atoms with Gasteiger partial charge in [0.05, 0.1) is 0 Å². The largest absolute Gasteiger partial charge is 0.418 e. The summed E-state index contributed by atoms with van der Waals surface area (Å²) in [5.74, 6) is -0.687. The molecule has 1 unspecified atom stereocenters. The molecule has 0 aliphatic carbocycles. The summed E-state index contributed by atoms with van der Waals surface area (Å²) >= 11 is 0. The van der Waals surface area contributed by atoms with Crippen LogP contribution in [0.1, 0.15) is 23.8 Å². The maximum absolute atomic E-state index is 13.0. The number of fused-ring (bicyclic) bond motifs is 1. The van der Waals surface area contributed by atoms with Crippen LogP contribution in [0.2, 0.25) is 0 Å². The van der Waals surface area contributed by atoms with Crippen molar-refractivity contribution in [1.82, 2.24) is 14.9 Å². The second-order valence-corrected chi connectivity index (χ2v) is 6.40. The molecule has 134 valence electrons. The molecular weight excluding hydrogens is 332 g/mol. The Bertz CT molecular complexity index is 979. The van der Waals surface area contributed by atoms with Gasteiger partial charge >= 0.3 is 5.76 Å². The van der Waals surface area contributed by atoms with Crippen molar-refractivity contribution in [3.8, 4) is 0 Å². The molecule has 4 rings (SSSR count). The number of benzene rings is 1. The number of anilines is 1. The molecule has 0 spiro atoms. The standard InChI is InChI=1S/C19H20N4O3/c1-2-13-12-22(14-6-4-3-5-7-14)10-11-23(13)18(24)15-8-9-16-17(20-15)21-19(25)26-16/h3-9,13H,2,10-12H2,1H3,(H,20,21,25). The maximum atomic E-state index is 13.0. The number of amides is 1. The van der Waals surface area contributed by atoms with E-state index in [4.69, 9.17) is 4.42 Å². The number of H-pyrrole nitrogens is 1. The molecular formula is C19H20N4O3. The van der Waals surface area contributed by atoms with Gasteiger partial charge in [0, 0.05) is 31.4 Å². The smallest absolute Gasteiger partial charge is 0.406 e. The summed E-state index contributed by atoms with van der Waals surface area (Å²) < 4.78 is 4.95.